The van der Waals surface area contributed by atoms with Gasteiger partial charge in [0.2, 0.25) is 0 Å². The van der Waals surface area contributed by atoms with Crippen molar-refractivity contribution in [1.82, 2.24) is 0 Å². The predicted octanol–water partition coefficient (Wildman–Crippen LogP) is 10.3. The number of hydrogen-bond donors (Lipinski definition) is 0. The van der Waals surface area contributed by atoms with Crippen LogP contribution in [0.15, 0.2) is 42.5 Å². The van der Waals surface area contributed by atoms with E-state index in [0.717, 1.165) is 28.9 Å². The van der Waals surface area contributed by atoms with Gasteiger partial charge in [-0.2, -0.15) is 0 Å². The van der Waals surface area contributed by atoms with Gasteiger partial charge in [0.1, 0.15) is 0 Å². The Labute approximate surface area is 191 Å². The van der Waals surface area contributed by atoms with Gasteiger partial charge in [-0.15, -0.1) is 0 Å². The normalized spacial score (nSPS) is 13.3. The first-order chi connectivity index (χ1) is 13.9. The molecule has 0 amide bonds. The lowest BCUT2D eigenvalue weighted by Crippen LogP contribution is -2.11. The third kappa shape index (κ3) is 14.6. The standard InChI is InChI=1S/C19H32.C6H10.C5H12/c1-7-9-18-11-10-15(4)19(13-18)17(6)12-16(5)14(3)8-2;1-5(2)6(3)4;1-4-5(2)3/h10-11,13-14,16-17H,7-9,12H2,1-6H3;1,3H2,2,4H3;5H,4H2,1-3H3. The highest BCUT2D eigenvalue weighted by molar-refractivity contribution is 5.33. The van der Waals surface area contributed by atoms with Crippen LogP contribution in [0.3, 0.4) is 0 Å². The minimum atomic E-state index is 0.681. The molecule has 1 aromatic carbocycles. The summed E-state index contributed by atoms with van der Waals surface area (Å²) >= 11 is 0. The summed E-state index contributed by atoms with van der Waals surface area (Å²) in [6.07, 6.45) is 6.36. The van der Waals surface area contributed by atoms with Crippen LogP contribution in [0, 0.1) is 24.7 Å². The summed E-state index contributed by atoms with van der Waals surface area (Å²) < 4.78 is 0. The Morgan fingerprint density at radius 3 is 1.70 bits per heavy atom. The Balaban J connectivity index is 0. The van der Waals surface area contributed by atoms with Crippen molar-refractivity contribution in [3.63, 3.8) is 0 Å². The summed E-state index contributed by atoms with van der Waals surface area (Å²) in [4.78, 5) is 0. The van der Waals surface area contributed by atoms with Crippen LogP contribution in [-0.2, 0) is 6.42 Å². The highest BCUT2D eigenvalue weighted by atomic mass is 14.2. The molecule has 1 rings (SSSR count). The molecule has 1 aromatic rings. The van der Waals surface area contributed by atoms with Crippen LogP contribution in [0.2, 0.25) is 0 Å². The van der Waals surface area contributed by atoms with E-state index in [2.05, 4.69) is 93.7 Å². The second-order valence-electron chi connectivity index (χ2n) is 9.80. The molecule has 0 spiro atoms. The molecule has 0 aliphatic carbocycles. The van der Waals surface area contributed by atoms with Crippen LogP contribution in [-0.4, -0.2) is 0 Å². The zero-order valence-corrected chi connectivity index (χ0v) is 22.5. The zero-order chi connectivity index (χ0) is 23.9. The molecule has 0 saturated carbocycles. The molecule has 0 aromatic heterocycles. The number of allylic oxidation sites excluding steroid dienone is 2. The molecule has 0 aliphatic heterocycles. The van der Waals surface area contributed by atoms with Crippen molar-refractivity contribution in [3.8, 4) is 0 Å². The third-order valence-corrected chi connectivity index (χ3v) is 6.30. The van der Waals surface area contributed by atoms with E-state index in [1.54, 1.807) is 5.56 Å². The molecule has 0 heterocycles. The molecule has 0 heteroatoms. The van der Waals surface area contributed by atoms with E-state index >= 15 is 0 Å². The summed E-state index contributed by atoms with van der Waals surface area (Å²) in [5, 5.41) is 0. The van der Waals surface area contributed by atoms with Crippen molar-refractivity contribution >= 4 is 0 Å². The van der Waals surface area contributed by atoms with Gasteiger partial charge in [-0.1, -0.05) is 117 Å². The van der Waals surface area contributed by atoms with Gasteiger partial charge in [0.25, 0.3) is 0 Å². The first kappa shape index (κ1) is 30.9. The average molecular weight is 415 g/mol. The molecule has 0 bridgehead atoms. The first-order valence-electron chi connectivity index (χ1n) is 12.3. The summed E-state index contributed by atoms with van der Waals surface area (Å²) in [5.74, 6) is 3.21. The van der Waals surface area contributed by atoms with Gasteiger partial charge < -0.3 is 0 Å². The zero-order valence-electron chi connectivity index (χ0n) is 22.5. The van der Waals surface area contributed by atoms with Gasteiger partial charge >= 0.3 is 0 Å². The fraction of sp³-hybridized carbons (Fsp3) is 0.667. The Kier molecular flexibility index (Phi) is 17.9. The molecule has 30 heavy (non-hydrogen) atoms. The Morgan fingerprint density at radius 2 is 1.33 bits per heavy atom. The van der Waals surface area contributed by atoms with Crippen LogP contribution in [0.25, 0.3) is 0 Å². The van der Waals surface area contributed by atoms with E-state index in [1.165, 1.54) is 43.2 Å². The highest BCUT2D eigenvalue weighted by Gasteiger charge is 2.16. The fourth-order valence-corrected chi connectivity index (χ4v) is 2.98. The summed E-state index contributed by atoms with van der Waals surface area (Å²) in [7, 11) is 0. The number of hydrogen-bond acceptors (Lipinski definition) is 0. The van der Waals surface area contributed by atoms with E-state index in [4.69, 9.17) is 0 Å². The molecule has 174 valence electrons. The maximum Gasteiger partial charge on any atom is -0.0185 e. The van der Waals surface area contributed by atoms with Crippen LogP contribution in [0.5, 0.6) is 0 Å². The maximum atomic E-state index is 3.66. The molecule has 0 N–H and O–H groups in total. The van der Waals surface area contributed by atoms with E-state index in [0.29, 0.717) is 5.92 Å². The molecule has 0 nitrogen and oxygen atoms in total. The quantitative estimate of drug-likeness (QED) is 0.352. The summed E-state index contributed by atoms with van der Waals surface area (Å²) in [5.41, 5.74) is 6.67. The van der Waals surface area contributed by atoms with E-state index in [9.17, 15) is 0 Å². The number of aryl methyl sites for hydroxylation is 2. The van der Waals surface area contributed by atoms with Crippen LogP contribution < -0.4 is 0 Å². The Hall–Kier alpha value is -1.30. The lowest BCUT2D eigenvalue weighted by atomic mass is 9.82. The summed E-state index contributed by atoms with van der Waals surface area (Å²) in [6, 6.07) is 7.06. The lowest BCUT2D eigenvalue weighted by Gasteiger charge is -2.24. The molecule has 3 unspecified atom stereocenters. The van der Waals surface area contributed by atoms with Gasteiger partial charge in [0, 0.05) is 0 Å². The first-order valence-corrected chi connectivity index (χ1v) is 12.3. The van der Waals surface area contributed by atoms with E-state index in [-0.39, 0.29) is 0 Å². The predicted molar refractivity (Wildman–Crippen MR) is 142 cm³/mol. The van der Waals surface area contributed by atoms with Crippen molar-refractivity contribution in [2.45, 2.75) is 114 Å². The fourth-order valence-electron chi connectivity index (χ4n) is 2.98. The van der Waals surface area contributed by atoms with Crippen molar-refractivity contribution < 1.29 is 0 Å². The largest absolute Gasteiger partial charge is 0.0959 e. The minimum Gasteiger partial charge on any atom is -0.0959 e. The van der Waals surface area contributed by atoms with Gasteiger partial charge in [0.05, 0.1) is 0 Å². The minimum absolute atomic E-state index is 0.681. The second kappa shape index (κ2) is 17.4. The van der Waals surface area contributed by atoms with Crippen LogP contribution in [0.1, 0.15) is 118 Å². The molecule has 0 aliphatic rings. The van der Waals surface area contributed by atoms with Gasteiger partial charge in [-0.3, -0.25) is 0 Å². The van der Waals surface area contributed by atoms with Gasteiger partial charge in [-0.25, -0.2) is 0 Å². The SMILES string of the molecule is C=C(C)C(=C)C.CCC(C)C.CCCc1ccc(C)c(C(C)CC(C)C(C)CC)c1. The van der Waals surface area contributed by atoms with Crippen molar-refractivity contribution in [1.29, 1.82) is 0 Å². The van der Waals surface area contributed by atoms with Crippen molar-refractivity contribution in [2.75, 3.05) is 0 Å². The van der Waals surface area contributed by atoms with Crippen LogP contribution in [0.4, 0.5) is 0 Å². The number of rotatable bonds is 9. The smallest absolute Gasteiger partial charge is 0.0185 e. The lowest BCUT2D eigenvalue weighted by molar-refractivity contribution is 0.336. The summed E-state index contributed by atoms with van der Waals surface area (Å²) in [6.45, 7) is 31.9. The molecular weight excluding hydrogens is 360 g/mol. The molecule has 0 fully saturated rings. The molecule has 3 atom stereocenters. The van der Waals surface area contributed by atoms with E-state index in [1.807, 2.05) is 13.8 Å². The number of benzene rings is 1. The third-order valence-electron chi connectivity index (χ3n) is 6.30. The highest BCUT2D eigenvalue weighted by Crippen LogP contribution is 2.31. The molecular formula is C30H54. The molecule has 0 saturated heterocycles. The Morgan fingerprint density at radius 1 is 0.833 bits per heavy atom. The Bertz CT molecular complexity index is 578. The topological polar surface area (TPSA) is 0 Å². The van der Waals surface area contributed by atoms with E-state index < -0.39 is 0 Å². The second-order valence-corrected chi connectivity index (χ2v) is 9.80. The van der Waals surface area contributed by atoms with Crippen molar-refractivity contribution in [3.05, 3.63) is 59.2 Å². The monoisotopic (exact) mass is 414 g/mol. The maximum absolute atomic E-state index is 3.66. The van der Waals surface area contributed by atoms with Gasteiger partial charge in [0.15, 0.2) is 0 Å². The van der Waals surface area contributed by atoms with Crippen molar-refractivity contribution in [2.24, 2.45) is 17.8 Å². The van der Waals surface area contributed by atoms with Crippen LogP contribution >= 0.6 is 0 Å². The van der Waals surface area contributed by atoms with Gasteiger partial charge in [-0.05, 0) is 74.0 Å². The average Bonchev–Trinajstić information content (AvgIpc) is 2.69. The molecule has 0 radical (unpaired) electrons.